The maximum atomic E-state index is 10.7. The number of nitrogens with zero attached hydrogens (tertiary/aromatic N) is 2. The van der Waals surface area contributed by atoms with Crippen molar-refractivity contribution in [2.75, 3.05) is 18.0 Å². The lowest BCUT2D eigenvalue weighted by Crippen LogP contribution is -2.29. The van der Waals surface area contributed by atoms with Gasteiger partial charge >= 0.3 is 5.97 Å². The Labute approximate surface area is 109 Å². The molecule has 1 aromatic rings. The molecule has 100 valence electrons. The number of rotatable bonds is 7. The average molecular weight is 250 g/mol. The molecule has 0 radical (unpaired) electrons. The average Bonchev–Trinajstić information content (AvgIpc) is 2.28. The van der Waals surface area contributed by atoms with Gasteiger partial charge in [0, 0.05) is 19.3 Å². The van der Waals surface area contributed by atoms with Gasteiger partial charge in [-0.2, -0.15) is 0 Å². The molecule has 0 aliphatic carbocycles. The predicted molar refractivity (Wildman–Crippen MR) is 72.9 cm³/mol. The van der Waals surface area contributed by atoms with Crippen LogP contribution < -0.4 is 4.90 Å². The molecule has 0 aromatic carbocycles. The van der Waals surface area contributed by atoms with Crippen molar-refractivity contribution in [1.82, 2.24) is 4.98 Å². The van der Waals surface area contributed by atoms with Crippen LogP contribution in [0.4, 0.5) is 5.82 Å². The first-order valence-corrected chi connectivity index (χ1v) is 6.38. The molecular formula is C14H22N2O2. The van der Waals surface area contributed by atoms with Gasteiger partial charge in [0.05, 0.1) is 6.42 Å². The van der Waals surface area contributed by atoms with E-state index in [2.05, 4.69) is 23.7 Å². The molecule has 1 rings (SSSR count). The Morgan fingerprint density at radius 3 is 2.72 bits per heavy atom. The summed E-state index contributed by atoms with van der Waals surface area (Å²) in [5, 5.41) is 8.79. The number of hydrogen-bond donors (Lipinski definition) is 1. The van der Waals surface area contributed by atoms with E-state index in [9.17, 15) is 4.79 Å². The summed E-state index contributed by atoms with van der Waals surface area (Å²) in [7, 11) is 0. The molecule has 0 aliphatic rings. The van der Waals surface area contributed by atoms with Crippen molar-refractivity contribution in [3.05, 3.63) is 23.9 Å². The van der Waals surface area contributed by atoms with Crippen molar-refractivity contribution in [3.63, 3.8) is 0 Å². The van der Waals surface area contributed by atoms with Crippen LogP contribution in [0.5, 0.6) is 0 Å². The monoisotopic (exact) mass is 250 g/mol. The molecule has 4 heteroatoms. The van der Waals surface area contributed by atoms with Crippen LogP contribution in [0.3, 0.4) is 0 Å². The molecule has 0 aliphatic heterocycles. The fourth-order valence-corrected chi connectivity index (χ4v) is 1.68. The molecule has 18 heavy (non-hydrogen) atoms. The quantitative estimate of drug-likeness (QED) is 0.808. The molecular weight excluding hydrogens is 228 g/mol. The molecule has 0 atom stereocenters. The summed E-state index contributed by atoms with van der Waals surface area (Å²) in [6.07, 6.45) is 2.96. The molecule has 1 heterocycles. The van der Waals surface area contributed by atoms with Crippen molar-refractivity contribution in [2.24, 2.45) is 5.92 Å². The first-order chi connectivity index (χ1) is 8.49. The highest BCUT2D eigenvalue weighted by Gasteiger charge is 2.10. The Morgan fingerprint density at radius 2 is 2.17 bits per heavy atom. The van der Waals surface area contributed by atoms with Gasteiger partial charge in [-0.3, -0.25) is 4.79 Å². The van der Waals surface area contributed by atoms with Crippen LogP contribution in [0.2, 0.25) is 0 Å². The number of aliphatic carboxylic acids is 1. The fraction of sp³-hybridized carbons (Fsp3) is 0.571. The Bertz CT molecular complexity index is 391. The third-order valence-electron chi connectivity index (χ3n) is 2.80. The van der Waals surface area contributed by atoms with E-state index in [0.717, 1.165) is 24.3 Å². The van der Waals surface area contributed by atoms with Crippen LogP contribution in [-0.2, 0) is 4.79 Å². The smallest absolute Gasteiger partial charge is 0.305 e. The van der Waals surface area contributed by atoms with Crippen molar-refractivity contribution < 1.29 is 9.90 Å². The second-order valence-electron chi connectivity index (χ2n) is 5.00. The first-order valence-electron chi connectivity index (χ1n) is 6.38. The number of carboxylic acid groups (broad SMARTS) is 1. The number of hydrogen-bond acceptors (Lipinski definition) is 3. The lowest BCUT2D eigenvalue weighted by Gasteiger charge is -2.24. The Kier molecular flexibility index (Phi) is 5.62. The Hall–Kier alpha value is -1.58. The standard InChI is InChI=1S/C14H22N2O2/c1-11(2)5-8-16(9-6-14(17)18)13-10-12(3)4-7-15-13/h4,7,10-11H,5-6,8-9H2,1-3H3,(H,17,18). The predicted octanol–water partition coefficient (Wildman–Crippen LogP) is 2.72. The Morgan fingerprint density at radius 1 is 1.44 bits per heavy atom. The van der Waals surface area contributed by atoms with E-state index in [0.29, 0.717) is 12.5 Å². The number of aromatic nitrogens is 1. The molecule has 0 unspecified atom stereocenters. The third-order valence-corrected chi connectivity index (χ3v) is 2.80. The Balaban J connectivity index is 2.72. The zero-order valence-corrected chi connectivity index (χ0v) is 11.4. The van der Waals surface area contributed by atoms with Crippen LogP contribution >= 0.6 is 0 Å². The van der Waals surface area contributed by atoms with Gasteiger partial charge in [0.15, 0.2) is 0 Å². The van der Waals surface area contributed by atoms with E-state index in [-0.39, 0.29) is 6.42 Å². The number of anilines is 1. The van der Waals surface area contributed by atoms with E-state index >= 15 is 0 Å². The molecule has 1 aromatic heterocycles. The van der Waals surface area contributed by atoms with Crippen molar-refractivity contribution in [2.45, 2.75) is 33.6 Å². The summed E-state index contributed by atoms with van der Waals surface area (Å²) < 4.78 is 0. The first kappa shape index (κ1) is 14.5. The number of carbonyl (C=O) groups is 1. The summed E-state index contributed by atoms with van der Waals surface area (Å²) in [4.78, 5) is 17.1. The van der Waals surface area contributed by atoms with Crippen LogP contribution in [0.1, 0.15) is 32.3 Å². The van der Waals surface area contributed by atoms with Gasteiger partial charge in [-0.05, 0) is 37.0 Å². The van der Waals surface area contributed by atoms with Crippen molar-refractivity contribution >= 4 is 11.8 Å². The molecule has 1 N–H and O–H groups in total. The van der Waals surface area contributed by atoms with Crippen LogP contribution in [-0.4, -0.2) is 29.1 Å². The molecule has 0 fully saturated rings. The maximum absolute atomic E-state index is 10.7. The van der Waals surface area contributed by atoms with E-state index in [4.69, 9.17) is 5.11 Å². The molecule has 0 saturated carbocycles. The van der Waals surface area contributed by atoms with Crippen LogP contribution in [0.15, 0.2) is 18.3 Å². The number of carboxylic acids is 1. The molecule has 0 amide bonds. The van der Waals surface area contributed by atoms with Gasteiger partial charge in [-0.15, -0.1) is 0 Å². The van der Waals surface area contributed by atoms with Gasteiger partial charge in [-0.25, -0.2) is 4.98 Å². The van der Waals surface area contributed by atoms with E-state index < -0.39 is 5.97 Å². The van der Waals surface area contributed by atoms with Gasteiger partial charge in [-0.1, -0.05) is 13.8 Å². The van der Waals surface area contributed by atoms with Gasteiger partial charge in [0.25, 0.3) is 0 Å². The van der Waals surface area contributed by atoms with E-state index in [1.165, 1.54) is 0 Å². The van der Waals surface area contributed by atoms with Gasteiger partial charge in [0.2, 0.25) is 0 Å². The lowest BCUT2D eigenvalue weighted by molar-refractivity contribution is -0.136. The van der Waals surface area contributed by atoms with Crippen LogP contribution in [0, 0.1) is 12.8 Å². The molecule has 0 saturated heterocycles. The number of pyridine rings is 1. The van der Waals surface area contributed by atoms with Gasteiger partial charge in [0.1, 0.15) is 5.82 Å². The topological polar surface area (TPSA) is 53.4 Å². The zero-order valence-electron chi connectivity index (χ0n) is 11.4. The SMILES string of the molecule is Cc1ccnc(N(CCC(=O)O)CCC(C)C)c1. The van der Waals surface area contributed by atoms with Crippen molar-refractivity contribution in [3.8, 4) is 0 Å². The second kappa shape index (κ2) is 6.99. The second-order valence-corrected chi connectivity index (χ2v) is 5.00. The normalized spacial score (nSPS) is 10.7. The largest absolute Gasteiger partial charge is 0.481 e. The fourth-order valence-electron chi connectivity index (χ4n) is 1.68. The maximum Gasteiger partial charge on any atom is 0.305 e. The van der Waals surface area contributed by atoms with E-state index in [1.54, 1.807) is 6.20 Å². The summed E-state index contributed by atoms with van der Waals surface area (Å²) in [5.41, 5.74) is 1.14. The molecule has 4 nitrogen and oxygen atoms in total. The van der Waals surface area contributed by atoms with Gasteiger partial charge < -0.3 is 10.0 Å². The minimum absolute atomic E-state index is 0.147. The van der Waals surface area contributed by atoms with Crippen molar-refractivity contribution in [1.29, 1.82) is 0 Å². The summed E-state index contributed by atoms with van der Waals surface area (Å²) in [6.45, 7) is 7.71. The van der Waals surface area contributed by atoms with E-state index in [1.807, 2.05) is 19.1 Å². The highest BCUT2D eigenvalue weighted by molar-refractivity contribution is 5.67. The summed E-state index contributed by atoms with van der Waals surface area (Å²) in [5.74, 6) is 0.705. The molecule has 0 spiro atoms. The third kappa shape index (κ3) is 5.17. The lowest BCUT2D eigenvalue weighted by atomic mass is 10.1. The zero-order chi connectivity index (χ0) is 13.5. The molecule has 0 bridgehead atoms. The minimum atomic E-state index is -0.766. The van der Waals surface area contributed by atoms with Crippen LogP contribution in [0.25, 0.3) is 0 Å². The minimum Gasteiger partial charge on any atom is -0.481 e. The highest BCUT2D eigenvalue weighted by Crippen LogP contribution is 2.14. The number of aryl methyl sites for hydroxylation is 1. The summed E-state index contributed by atoms with van der Waals surface area (Å²) >= 11 is 0. The highest BCUT2D eigenvalue weighted by atomic mass is 16.4. The summed E-state index contributed by atoms with van der Waals surface area (Å²) in [6, 6.07) is 3.95.